The van der Waals surface area contributed by atoms with Crippen LogP contribution in [0.25, 0.3) is 0 Å². The van der Waals surface area contributed by atoms with Gasteiger partial charge in [-0.3, -0.25) is 9.79 Å². The van der Waals surface area contributed by atoms with Gasteiger partial charge in [0.2, 0.25) is 0 Å². The number of hydrogen-bond acceptors (Lipinski definition) is 4. The van der Waals surface area contributed by atoms with Crippen LogP contribution in [0.4, 0.5) is 10.1 Å². The van der Waals surface area contributed by atoms with Crippen molar-refractivity contribution < 1.29 is 14.3 Å². The first-order valence-corrected chi connectivity index (χ1v) is 9.09. The number of carboxylic acid groups (broad SMARTS) is 1. The smallest absolute Gasteiger partial charge is 0.325 e. The van der Waals surface area contributed by atoms with Crippen LogP contribution in [0.15, 0.2) is 53.5 Å². The van der Waals surface area contributed by atoms with Gasteiger partial charge in [-0.05, 0) is 51.2 Å². The number of anilines is 1. The van der Waals surface area contributed by atoms with Crippen LogP contribution >= 0.6 is 0 Å². The average molecular weight is 369 g/mol. The van der Waals surface area contributed by atoms with Crippen molar-refractivity contribution in [3.8, 4) is 0 Å². The lowest BCUT2D eigenvalue weighted by Gasteiger charge is -2.31. The van der Waals surface area contributed by atoms with Crippen molar-refractivity contribution in [2.45, 2.75) is 18.9 Å². The minimum Gasteiger partial charge on any atom is -0.480 e. The number of nitrogens with zero attached hydrogens (tertiary/aromatic N) is 2. The first kappa shape index (κ1) is 19.0. The predicted molar refractivity (Wildman–Crippen MR) is 105 cm³/mol. The summed E-state index contributed by atoms with van der Waals surface area (Å²) in [7, 11) is 2.10. The van der Waals surface area contributed by atoms with Gasteiger partial charge in [0.1, 0.15) is 12.4 Å². The Hall–Kier alpha value is -2.73. The fourth-order valence-corrected chi connectivity index (χ4v) is 3.29. The highest BCUT2D eigenvalue weighted by atomic mass is 19.1. The first-order valence-electron chi connectivity index (χ1n) is 9.09. The van der Waals surface area contributed by atoms with Gasteiger partial charge in [0.15, 0.2) is 0 Å². The van der Waals surface area contributed by atoms with Gasteiger partial charge in [0.05, 0.1) is 5.71 Å². The molecule has 2 N–H and O–H groups in total. The molecule has 5 nitrogen and oxygen atoms in total. The molecule has 6 heteroatoms. The molecule has 0 spiro atoms. The van der Waals surface area contributed by atoms with Gasteiger partial charge in [-0.1, -0.05) is 30.3 Å². The van der Waals surface area contributed by atoms with E-state index >= 15 is 0 Å². The summed E-state index contributed by atoms with van der Waals surface area (Å²) >= 11 is 0. The third-order valence-corrected chi connectivity index (χ3v) is 4.73. The number of piperidine rings is 1. The van der Waals surface area contributed by atoms with Crippen LogP contribution in [0, 0.1) is 5.82 Å². The minimum atomic E-state index is -1.02. The monoisotopic (exact) mass is 369 g/mol. The average Bonchev–Trinajstić information content (AvgIpc) is 2.66. The summed E-state index contributed by atoms with van der Waals surface area (Å²) in [6.45, 7) is 1.65. The molecule has 2 aromatic rings. The van der Waals surface area contributed by atoms with E-state index in [2.05, 4.69) is 22.3 Å². The van der Waals surface area contributed by atoms with Crippen LogP contribution < -0.4 is 5.32 Å². The quantitative estimate of drug-likeness (QED) is 0.767. The van der Waals surface area contributed by atoms with E-state index < -0.39 is 5.97 Å². The van der Waals surface area contributed by atoms with Gasteiger partial charge in [-0.25, -0.2) is 4.39 Å². The van der Waals surface area contributed by atoms with Crippen molar-refractivity contribution in [1.82, 2.24) is 4.90 Å². The van der Waals surface area contributed by atoms with Crippen LogP contribution in [0.2, 0.25) is 0 Å². The molecule has 2 aromatic carbocycles. The van der Waals surface area contributed by atoms with E-state index in [4.69, 9.17) is 5.11 Å². The molecule has 3 rings (SSSR count). The third-order valence-electron chi connectivity index (χ3n) is 4.73. The maximum Gasteiger partial charge on any atom is 0.325 e. The van der Waals surface area contributed by atoms with E-state index in [-0.39, 0.29) is 12.4 Å². The van der Waals surface area contributed by atoms with Crippen molar-refractivity contribution in [3.63, 3.8) is 0 Å². The topological polar surface area (TPSA) is 64.9 Å². The Labute approximate surface area is 158 Å². The summed E-state index contributed by atoms with van der Waals surface area (Å²) in [6.07, 6.45) is 2.00. The third kappa shape index (κ3) is 5.14. The summed E-state index contributed by atoms with van der Waals surface area (Å²) in [4.78, 5) is 17.6. The minimum absolute atomic E-state index is 0.293. The molecule has 1 aliphatic rings. The first-order chi connectivity index (χ1) is 13.0. The molecule has 27 heavy (non-hydrogen) atoms. The molecule has 0 aliphatic carbocycles. The van der Waals surface area contributed by atoms with Gasteiger partial charge in [-0.2, -0.15) is 0 Å². The molecule has 0 saturated carbocycles. The standard InChI is InChI=1S/C21H24FN3O2/c1-25-11-9-17(10-12-25)24-19-8-7-16(22)13-18(19)21(23-14-20(26)27)15-5-3-2-4-6-15/h2-8,13,17,24H,9-12,14H2,1H3,(H,26,27). The zero-order chi connectivity index (χ0) is 19.2. The number of likely N-dealkylation sites (tertiary alicyclic amines) is 1. The number of halogens is 1. The van der Waals surface area contributed by atoms with Gasteiger partial charge >= 0.3 is 5.97 Å². The van der Waals surface area contributed by atoms with E-state index in [1.54, 1.807) is 6.07 Å². The van der Waals surface area contributed by atoms with Gasteiger partial charge in [0, 0.05) is 22.9 Å². The fraction of sp³-hybridized carbons (Fsp3) is 0.333. The highest BCUT2D eigenvalue weighted by molar-refractivity contribution is 6.16. The highest BCUT2D eigenvalue weighted by Crippen LogP contribution is 2.24. The molecule has 1 aliphatic heterocycles. The normalized spacial score (nSPS) is 16.3. The fourth-order valence-electron chi connectivity index (χ4n) is 3.29. The maximum absolute atomic E-state index is 14.0. The molecule has 142 valence electrons. The Bertz CT molecular complexity index is 815. The van der Waals surface area contributed by atoms with E-state index in [0.717, 1.165) is 37.2 Å². The molecule has 0 aromatic heterocycles. The molecule has 0 radical (unpaired) electrons. The molecule has 0 unspecified atom stereocenters. The summed E-state index contributed by atoms with van der Waals surface area (Å²) in [5.41, 5.74) is 2.60. The molecular weight excluding hydrogens is 345 g/mol. The zero-order valence-electron chi connectivity index (χ0n) is 15.4. The van der Waals surface area contributed by atoms with Crippen LogP contribution in [-0.4, -0.2) is 54.4 Å². The van der Waals surface area contributed by atoms with Crippen molar-refractivity contribution in [3.05, 3.63) is 65.5 Å². The molecule has 0 amide bonds. The van der Waals surface area contributed by atoms with E-state index in [1.165, 1.54) is 12.1 Å². The Morgan fingerprint density at radius 2 is 1.93 bits per heavy atom. The lowest BCUT2D eigenvalue weighted by atomic mass is 9.98. The summed E-state index contributed by atoms with van der Waals surface area (Å²) < 4.78 is 14.0. The van der Waals surface area contributed by atoms with Crippen molar-refractivity contribution in [2.24, 2.45) is 4.99 Å². The Kier molecular flexibility index (Phi) is 6.19. The molecule has 1 heterocycles. The van der Waals surface area contributed by atoms with Crippen LogP contribution in [0.5, 0.6) is 0 Å². The Morgan fingerprint density at radius 1 is 1.22 bits per heavy atom. The molecule has 1 fully saturated rings. The number of hydrogen-bond donors (Lipinski definition) is 2. The number of carbonyl (C=O) groups is 1. The maximum atomic E-state index is 14.0. The molecule has 0 atom stereocenters. The van der Waals surface area contributed by atoms with Gasteiger partial charge < -0.3 is 15.3 Å². The SMILES string of the molecule is CN1CCC(Nc2ccc(F)cc2C(=NCC(=O)O)c2ccccc2)CC1. The largest absolute Gasteiger partial charge is 0.480 e. The lowest BCUT2D eigenvalue weighted by molar-refractivity contribution is -0.135. The van der Waals surface area contributed by atoms with Gasteiger partial charge in [0.25, 0.3) is 0 Å². The van der Waals surface area contributed by atoms with Crippen LogP contribution in [0.3, 0.4) is 0 Å². The summed E-state index contributed by atoms with van der Waals surface area (Å²) in [5.74, 6) is -1.40. The van der Waals surface area contributed by atoms with Crippen molar-refractivity contribution in [1.29, 1.82) is 0 Å². The van der Waals surface area contributed by atoms with E-state index in [9.17, 15) is 9.18 Å². The second kappa shape index (κ2) is 8.77. The Morgan fingerprint density at radius 3 is 2.59 bits per heavy atom. The predicted octanol–water partition coefficient (Wildman–Crippen LogP) is 3.25. The summed E-state index contributed by atoms with van der Waals surface area (Å²) in [6, 6.07) is 14.1. The second-order valence-corrected chi connectivity index (χ2v) is 6.84. The number of benzene rings is 2. The highest BCUT2D eigenvalue weighted by Gasteiger charge is 2.20. The van der Waals surface area contributed by atoms with Gasteiger partial charge in [-0.15, -0.1) is 0 Å². The van der Waals surface area contributed by atoms with E-state index in [0.29, 0.717) is 17.3 Å². The molecule has 1 saturated heterocycles. The number of aliphatic imine (C=N–C) groups is 1. The number of aliphatic carboxylic acids is 1. The van der Waals surface area contributed by atoms with Crippen molar-refractivity contribution >= 4 is 17.4 Å². The second-order valence-electron chi connectivity index (χ2n) is 6.84. The number of rotatable bonds is 6. The van der Waals surface area contributed by atoms with Crippen LogP contribution in [-0.2, 0) is 4.79 Å². The number of nitrogens with one attached hydrogen (secondary N) is 1. The molecular formula is C21H24FN3O2. The van der Waals surface area contributed by atoms with Crippen LogP contribution in [0.1, 0.15) is 24.0 Å². The zero-order valence-corrected chi connectivity index (χ0v) is 15.4. The summed E-state index contributed by atoms with van der Waals surface area (Å²) in [5, 5.41) is 12.6. The van der Waals surface area contributed by atoms with Crippen molar-refractivity contribution in [2.75, 3.05) is 32.0 Å². The van der Waals surface area contributed by atoms with E-state index in [1.807, 2.05) is 30.3 Å². The number of carboxylic acids is 1. The molecule has 0 bridgehead atoms. The lowest BCUT2D eigenvalue weighted by Crippen LogP contribution is -2.37. The Balaban J connectivity index is 1.97.